The number of ether oxygens (including phenoxy) is 2. The fourth-order valence-electron chi connectivity index (χ4n) is 8.80. The van der Waals surface area contributed by atoms with Crippen LogP contribution in [0.1, 0.15) is 69.6 Å². The second-order valence-corrected chi connectivity index (χ2v) is 14.6. The van der Waals surface area contributed by atoms with Gasteiger partial charge >= 0.3 is 5.97 Å². The number of halogens is 2. The van der Waals surface area contributed by atoms with Crippen LogP contribution >= 0.6 is 23.2 Å². The summed E-state index contributed by atoms with van der Waals surface area (Å²) in [6.07, 6.45) is 6.00. The minimum absolute atomic E-state index is 0.0355. The van der Waals surface area contributed by atoms with Crippen molar-refractivity contribution in [2.45, 2.75) is 89.3 Å². The van der Waals surface area contributed by atoms with Gasteiger partial charge in [0.25, 0.3) is 0 Å². The Morgan fingerprint density at radius 2 is 1.95 bits per heavy atom. The number of rotatable bonds is 8. The van der Waals surface area contributed by atoms with Crippen molar-refractivity contribution in [3.63, 3.8) is 0 Å². The van der Waals surface area contributed by atoms with Crippen molar-refractivity contribution in [2.24, 2.45) is 17.8 Å². The van der Waals surface area contributed by atoms with E-state index in [1.165, 1.54) is 19.8 Å². The van der Waals surface area contributed by atoms with Gasteiger partial charge in [0.1, 0.15) is 11.9 Å². The molecule has 2 aromatic carbocycles. The standard InChI is InChI=1S/C34H40Cl2N2O5/c1-18(2)16-38(30(41)13-21-6-8-24(35)25(36)12-21)26-9-7-23-27-14-22-28(40)15-29(42-19(3)39)32-31(22)34(23,33(26)43-32)10-11-37(27)17-20-4-5-20/h6,8,12,15,18,20,23,26-27,33,40H,4-5,7,9-11,13-14,16-17H2,1-3H3/t23-,26-,27+,33-,34-/m0/s1. The lowest BCUT2D eigenvalue weighted by Gasteiger charge is -2.60. The lowest BCUT2D eigenvalue weighted by atomic mass is 9.50. The van der Waals surface area contributed by atoms with Crippen LogP contribution in [0.4, 0.5) is 0 Å². The Balaban J connectivity index is 1.30. The second kappa shape index (κ2) is 10.8. The van der Waals surface area contributed by atoms with E-state index in [0.717, 1.165) is 61.4 Å². The highest BCUT2D eigenvalue weighted by Crippen LogP contribution is 2.66. The van der Waals surface area contributed by atoms with E-state index in [0.29, 0.717) is 34.3 Å². The van der Waals surface area contributed by atoms with E-state index in [1.807, 2.05) is 11.0 Å². The van der Waals surface area contributed by atoms with Crippen molar-refractivity contribution in [2.75, 3.05) is 19.6 Å². The van der Waals surface area contributed by atoms with Crippen LogP contribution < -0.4 is 9.47 Å². The summed E-state index contributed by atoms with van der Waals surface area (Å²) in [5, 5.41) is 12.3. The molecule has 0 radical (unpaired) electrons. The first-order valence-electron chi connectivity index (χ1n) is 15.8. The molecule has 230 valence electrons. The van der Waals surface area contributed by atoms with Gasteiger partial charge in [-0.2, -0.15) is 0 Å². The maximum Gasteiger partial charge on any atom is 0.308 e. The number of carbonyl (C=O) groups is 2. The number of phenols is 1. The first-order chi connectivity index (χ1) is 20.6. The average Bonchev–Trinajstić information content (AvgIpc) is 3.70. The molecule has 43 heavy (non-hydrogen) atoms. The minimum Gasteiger partial charge on any atom is -0.508 e. The maximum atomic E-state index is 14.2. The molecule has 5 aliphatic rings. The highest BCUT2D eigenvalue weighted by molar-refractivity contribution is 6.42. The van der Waals surface area contributed by atoms with Gasteiger partial charge in [-0.1, -0.05) is 43.1 Å². The molecule has 2 aromatic rings. The summed E-state index contributed by atoms with van der Waals surface area (Å²) >= 11 is 12.5. The SMILES string of the molecule is CC(=O)Oc1cc(O)c2c3c1O[C@H]1[C@@H](N(CC(C)C)C(=O)Cc4ccc(Cl)c(Cl)c4)CC[C@H]4[C@@H](C2)N(CC2CC2)CC[C@@]341. The van der Waals surface area contributed by atoms with Crippen molar-refractivity contribution >= 4 is 35.1 Å². The molecule has 3 fully saturated rings. The van der Waals surface area contributed by atoms with Gasteiger partial charge in [0.05, 0.1) is 22.5 Å². The van der Waals surface area contributed by atoms with Crippen LogP contribution in [0.2, 0.25) is 10.0 Å². The quantitative estimate of drug-likeness (QED) is 0.279. The van der Waals surface area contributed by atoms with Crippen molar-refractivity contribution in [1.29, 1.82) is 0 Å². The maximum absolute atomic E-state index is 14.2. The van der Waals surface area contributed by atoms with E-state index in [1.54, 1.807) is 18.2 Å². The molecule has 7 rings (SSSR count). The number of benzene rings is 2. The number of nitrogens with zero attached hydrogens (tertiary/aromatic N) is 2. The first kappa shape index (κ1) is 29.2. The fourth-order valence-corrected chi connectivity index (χ4v) is 9.12. The molecule has 3 aliphatic carbocycles. The van der Waals surface area contributed by atoms with Crippen molar-refractivity contribution in [1.82, 2.24) is 9.80 Å². The Labute approximate surface area is 263 Å². The molecule has 0 unspecified atom stereocenters. The molecular weight excluding hydrogens is 587 g/mol. The molecule has 1 N–H and O–H groups in total. The third-order valence-corrected chi connectivity index (χ3v) is 11.3. The number of aromatic hydroxyl groups is 1. The van der Waals surface area contributed by atoms with Gasteiger partial charge in [0.2, 0.25) is 5.91 Å². The fraction of sp³-hybridized carbons (Fsp3) is 0.588. The molecule has 2 aliphatic heterocycles. The zero-order chi connectivity index (χ0) is 30.2. The van der Waals surface area contributed by atoms with Crippen LogP contribution in [-0.4, -0.2) is 64.6 Å². The normalized spacial score (nSPS) is 28.8. The van der Waals surface area contributed by atoms with Gasteiger partial charge < -0.3 is 19.5 Å². The van der Waals surface area contributed by atoms with Gasteiger partial charge in [-0.05, 0) is 80.5 Å². The Hall–Kier alpha value is -2.48. The first-order valence-corrected chi connectivity index (χ1v) is 16.5. The monoisotopic (exact) mass is 626 g/mol. The Morgan fingerprint density at radius 1 is 1.16 bits per heavy atom. The predicted molar refractivity (Wildman–Crippen MR) is 165 cm³/mol. The molecule has 2 heterocycles. The van der Waals surface area contributed by atoms with E-state index in [2.05, 4.69) is 18.7 Å². The smallest absolute Gasteiger partial charge is 0.308 e. The number of hydrogen-bond acceptors (Lipinski definition) is 6. The molecule has 5 atom stereocenters. The van der Waals surface area contributed by atoms with Gasteiger partial charge in [-0.3, -0.25) is 14.5 Å². The Bertz CT molecular complexity index is 1480. The third kappa shape index (κ3) is 4.90. The molecular formula is C34H40Cl2N2O5. The predicted octanol–water partition coefficient (Wildman–Crippen LogP) is 6.17. The molecule has 9 heteroatoms. The molecule has 1 spiro atoms. The summed E-state index contributed by atoms with van der Waals surface area (Å²) in [7, 11) is 0. The zero-order valence-electron chi connectivity index (χ0n) is 25.1. The van der Waals surface area contributed by atoms with E-state index >= 15 is 0 Å². The summed E-state index contributed by atoms with van der Waals surface area (Å²) in [5.41, 5.74) is 2.41. The van der Waals surface area contributed by atoms with Crippen molar-refractivity contribution < 1.29 is 24.2 Å². The highest BCUT2D eigenvalue weighted by atomic mass is 35.5. The number of hydrogen-bond donors (Lipinski definition) is 1. The minimum atomic E-state index is -0.453. The molecule has 1 saturated heterocycles. The van der Waals surface area contributed by atoms with Crippen LogP contribution in [0.25, 0.3) is 0 Å². The van der Waals surface area contributed by atoms with E-state index in [-0.39, 0.29) is 47.3 Å². The lowest BCUT2D eigenvalue weighted by molar-refractivity contribution is -0.143. The Morgan fingerprint density at radius 3 is 2.65 bits per heavy atom. The summed E-state index contributed by atoms with van der Waals surface area (Å²) in [5.74, 6) is 1.99. The largest absolute Gasteiger partial charge is 0.508 e. The van der Waals surface area contributed by atoms with E-state index < -0.39 is 5.97 Å². The molecule has 1 amide bonds. The van der Waals surface area contributed by atoms with Crippen LogP contribution in [0.15, 0.2) is 24.3 Å². The van der Waals surface area contributed by atoms with Crippen molar-refractivity contribution in [3.8, 4) is 17.2 Å². The number of piperidine rings is 1. The van der Waals surface area contributed by atoms with Gasteiger partial charge in [0.15, 0.2) is 11.5 Å². The molecule has 7 nitrogen and oxygen atoms in total. The molecule has 0 aromatic heterocycles. The molecule has 2 saturated carbocycles. The Kier molecular flexibility index (Phi) is 7.38. The summed E-state index contributed by atoms with van der Waals surface area (Å²) in [6, 6.07) is 7.09. The third-order valence-electron chi connectivity index (χ3n) is 10.6. The van der Waals surface area contributed by atoms with Gasteiger partial charge in [0, 0.05) is 48.7 Å². The summed E-state index contributed by atoms with van der Waals surface area (Å²) in [4.78, 5) is 31.0. The van der Waals surface area contributed by atoms with Crippen LogP contribution in [-0.2, 0) is 27.8 Å². The van der Waals surface area contributed by atoms with Crippen molar-refractivity contribution in [3.05, 3.63) is 51.0 Å². The highest BCUT2D eigenvalue weighted by Gasteiger charge is 2.67. The zero-order valence-corrected chi connectivity index (χ0v) is 26.6. The summed E-state index contributed by atoms with van der Waals surface area (Å²) in [6.45, 7) is 8.32. The summed E-state index contributed by atoms with van der Waals surface area (Å²) < 4.78 is 12.6. The number of carbonyl (C=O) groups excluding carboxylic acids is 2. The number of esters is 1. The lowest BCUT2D eigenvalue weighted by Crippen LogP contribution is -2.69. The van der Waals surface area contributed by atoms with Crippen LogP contribution in [0.5, 0.6) is 17.2 Å². The van der Waals surface area contributed by atoms with E-state index in [9.17, 15) is 14.7 Å². The average molecular weight is 628 g/mol. The van der Waals surface area contributed by atoms with Gasteiger partial charge in [-0.15, -0.1) is 0 Å². The number of amides is 1. The number of phenolic OH excluding ortho intramolecular Hbond substituents is 1. The second-order valence-electron chi connectivity index (χ2n) is 13.8. The topological polar surface area (TPSA) is 79.3 Å². The van der Waals surface area contributed by atoms with Gasteiger partial charge in [-0.25, -0.2) is 0 Å². The molecule has 2 bridgehead atoms. The van der Waals surface area contributed by atoms with Crippen LogP contribution in [0, 0.1) is 17.8 Å². The van der Waals surface area contributed by atoms with Crippen LogP contribution in [0.3, 0.4) is 0 Å². The van der Waals surface area contributed by atoms with E-state index in [4.69, 9.17) is 32.7 Å². The number of likely N-dealkylation sites (tertiary alicyclic amines) is 1.